The van der Waals surface area contributed by atoms with Gasteiger partial charge in [0, 0.05) is 6.54 Å². The van der Waals surface area contributed by atoms with Crippen molar-refractivity contribution in [1.29, 1.82) is 5.26 Å². The van der Waals surface area contributed by atoms with Crippen LogP contribution in [0.4, 0.5) is 9.18 Å². The zero-order valence-corrected chi connectivity index (χ0v) is 10.3. The molecular weight excluding hydrogens is 233 g/mol. The van der Waals surface area contributed by atoms with Crippen molar-refractivity contribution in [1.82, 2.24) is 10.2 Å². The normalized spacial score (nSPS) is 19.6. The molecule has 1 aromatic carbocycles. The Kier molecular flexibility index (Phi) is 2.95. The van der Waals surface area contributed by atoms with E-state index in [1.807, 2.05) is 0 Å². The summed E-state index contributed by atoms with van der Waals surface area (Å²) < 4.78 is 12.8. The molecule has 0 saturated carbocycles. The summed E-state index contributed by atoms with van der Waals surface area (Å²) in [6.45, 7) is 3.80. The van der Waals surface area contributed by atoms with Crippen LogP contribution >= 0.6 is 0 Å². The van der Waals surface area contributed by atoms with E-state index >= 15 is 0 Å². The number of rotatable bonds is 2. The lowest BCUT2D eigenvalue weighted by molar-refractivity contribution is 0.186. The quantitative estimate of drug-likeness (QED) is 0.871. The second-order valence-electron chi connectivity index (χ2n) is 4.84. The van der Waals surface area contributed by atoms with Gasteiger partial charge in [0.1, 0.15) is 11.4 Å². The predicted octanol–water partition coefficient (Wildman–Crippen LogP) is 2.19. The Bertz CT molecular complexity index is 504. The van der Waals surface area contributed by atoms with Gasteiger partial charge in [0.25, 0.3) is 0 Å². The van der Waals surface area contributed by atoms with Gasteiger partial charge >= 0.3 is 6.03 Å². The van der Waals surface area contributed by atoms with Crippen molar-refractivity contribution in [2.75, 3.05) is 6.54 Å². The second-order valence-corrected chi connectivity index (χ2v) is 4.84. The summed E-state index contributed by atoms with van der Waals surface area (Å²) in [6, 6.07) is 7.63. The van der Waals surface area contributed by atoms with Crippen molar-refractivity contribution in [3.63, 3.8) is 0 Å². The fourth-order valence-electron chi connectivity index (χ4n) is 1.96. The maximum absolute atomic E-state index is 12.8. The summed E-state index contributed by atoms with van der Waals surface area (Å²) in [5.41, 5.74) is -0.0141. The van der Waals surface area contributed by atoms with Gasteiger partial charge in [-0.05, 0) is 31.5 Å². The van der Waals surface area contributed by atoms with E-state index in [2.05, 4.69) is 11.4 Å². The Hall–Kier alpha value is -2.09. The number of hydrogen-bond donors (Lipinski definition) is 1. The van der Waals surface area contributed by atoms with Crippen LogP contribution in [-0.2, 0) is 0 Å². The molecule has 0 spiro atoms. The monoisotopic (exact) mass is 247 g/mol. The van der Waals surface area contributed by atoms with Crippen molar-refractivity contribution >= 4 is 6.03 Å². The lowest BCUT2D eigenvalue weighted by Gasteiger charge is -2.27. The zero-order valence-electron chi connectivity index (χ0n) is 10.3. The lowest BCUT2D eigenvalue weighted by Crippen LogP contribution is -2.44. The van der Waals surface area contributed by atoms with Gasteiger partial charge in [-0.1, -0.05) is 12.1 Å². The van der Waals surface area contributed by atoms with Gasteiger partial charge in [0.05, 0.1) is 12.1 Å². The second kappa shape index (κ2) is 4.30. The third-order valence-electron chi connectivity index (χ3n) is 3.13. The van der Waals surface area contributed by atoms with E-state index < -0.39 is 5.54 Å². The van der Waals surface area contributed by atoms with Crippen LogP contribution in [0.3, 0.4) is 0 Å². The first-order valence-corrected chi connectivity index (χ1v) is 5.69. The van der Waals surface area contributed by atoms with Crippen LogP contribution in [0.5, 0.6) is 0 Å². The van der Waals surface area contributed by atoms with E-state index in [9.17, 15) is 9.18 Å². The lowest BCUT2D eigenvalue weighted by atomic mass is 10.0. The maximum atomic E-state index is 12.8. The molecule has 0 aromatic heterocycles. The Morgan fingerprint density at radius 3 is 2.61 bits per heavy atom. The highest BCUT2D eigenvalue weighted by Crippen LogP contribution is 2.26. The Morgan fingerprint density at radius 1 is 1.44 bits per heavy atom. The van der Waals surface area contributed by atoms with Crippen LogP contribution in [0.2, 0.25) is 0 Å². The van der Waals surface area contributed by atoms with Crippen LogP contribution in [0.15, 0.2) is 24.3 Å². The van der Waals surface area contributed by atoms with Crippen molar-refractivity contribution < 1.29 is 9.18 Å². The summed E-state index contributed by atoms with van der Waals surface area (Å²) in [7, 11) is 0. The number of hydrogen-bond acceptors (Lipinski definition) is 2. The van der Waals surface area contributed by atoms with Crippen LogP contribution in [-0.4, -0.2) is 23.0 Å². The molecular formula is C13H14FN3O. The van der Waals surface area contributed by atoms with Gasteiger partial charge in [-0.15, -0.1) is 0 Å². The van der Waals surface area contributed by atoms with Gasteiger partial charge in [0.15, 0.2) is 0 Å². The van der Waals surface area contributed by atoms with Crippen molar-refractivity contribution in [2.24, 2.45) is 0 Å². The molecule has 1 fully saturated rings. The Morgan fingerprint density at radius 2 is 2.06 bits per heavy atom. The molecule has 5 heteroatoms. The zero-order chi connectivity index (χ0) is 13.3. The molecule has 0 aliphatic carbocycles. The molecule has 1 aromatic rings. The first-order chi connectivity index (χ1) is 8.44. The summed E-state index contributed by atoms with van der Waals surface area (Å²) in [5.74, 6) is -0.308. The number of halogens is 1. The van der Waals surface area contributed by atoms with E-state index in [4.69, 9.17) is 5.26 Å². The molecule has 94 valence electrons. The van der Waals surface area contributed by atoms with Crippen molar-refractivity contribution in [2.45, 2.75) is 25.4 Å². The molecule has 1 N–H and O–H groups in total. The molecule has 1 unspecified atom stereocenters. The van der Waals surface area contributed by atoms with Crippen LogP contribution in [0.25, 0.3) is 0 Å². The predicted molar refractivity (Wildman–Crippen MR) is 64.1 cm³/mol. The molecule has 1 aliphatic rings. The SMILES string of the molecule is CC(C)(C#N)N1CC(c2ccc(F)cc2)NC1=O. The molecule has 4 nitrogen and oxygen atoms in total. The number of nitriles is 1. The van der Waals surface area contributed by atoms with E-state index in [-0.39, 0.29) is 17.9 Å². The fourth-order valence-corrected chi connectivity index (χ4v) is 1.96. The summed E-state index contributed by atoms with van der Waals surface area (Å²) in [5, 5.41) is 11.8. The van der Waals surface area contributed by atoms with Gasteiger partial charge in [-0.2, -0.15) is 5.26 Å². The molecule has 1 aliphatic heterocycles. The van der Waals surface area contributed by atoms with Crippen LogP contribution < -0.4 is 5.32 Å². The number of amides is 2. The number of benzene rings is 1. The molecule has 0 radical (unpaired) electrons. The standard InChI is InChI=1S/C13H14FN3O/c1-13(2,8-15)17-7-11(16-12(17)18)9-3-5-10(14)6-4-9/h3-6,11H,7H2,1-2H3,(H,16,18). The third kappa shape index (κ3) is 2.14. The summed E-state index contributed by atoms with van der Waals surface area (Å²) in [4.78, 5) is 13.3. The molecule has 1 atom stereocenters. The minimum atomic E-state index is -0.848. The average molecular weight is 247 g/mol. The molecule has 1 saturated heterocycles. The molecule has 2 rings (SSSR count). The van der Waals surface area contributed by atoms with Gasteiger partial charge in [-0.25, -0.2) is 9.18 Å². The average Bonchev–Trinajstić information content (AvgIpc) is 2.73. The number of carbonyl (C=O) groups is 1. The van der Waals surface area contributed by atoms with Crippen LogP contribution in [0.1, 0.15) is 25.5 Å². The van der Waals surface area contributed by atoms with Crippen molar-refractivity contribution in [3.8, 4) is 6.07 Å². The van der Waals surface area contributed by atoms with E-state index in [1.165, 1.54) is 17.0 Å². The fraction of sp³-hybridized carbons (Fsp3) is 0.385. The third-order valence-corrected chi connectivity index (χ3v) is 3.13. The Balaban J connectivity index is 2.19. The van der Waals surface area contributed by atoms with E-state index in [0.717, 1.165) is 5.56 Å². The van der Waals surface area contributed by atoms with Crippen LogP contribution in [0, 0.1) is 17.1 Å². The summed E-state index contributed by atoms with van der Waals surface area (Å²) in [6.07, 6.45) is 0. The topological polar surface area (TPSA) is 56.1 Å². The van der Waals surface area contributed by atoms with Crippen molar-refractivity contribution in [3.05, 3.63) is 35.6 Å². The summed E-state index contributed by atoms with van der Waals surface area (Å²) >= 11 is 0. The minimum absolute atomic E-state index is 0.203. The number of nitrogens with zero attached hydrogens (tertiary/aromatic N) is 2. The highest BCUT2D eigenvalue weighted by atomic mass is 19.1. The highest BCUT2D eigenvalue weighted by Gasteiger charge is 2.39. The molecule has 1 heterocycles. The number of nitrogens with one attached hydrogen (secondary N) is 1. The smallest absolute Gasteiger partial charge is 0.319 e. The number of carbonyl (C=O) groups excluding carboxylic acids is 1. The maximum Gasteiger partial charge on any atom is 0.319 e. The van der Waals surface area contributed by atoms with E-state index in [1.54, 1.807) is 26.0 Å². The van der Waals surface area contributed by atoms with E-state index in [0.29, 0.717) is 6.54 Å². The van der Waals surface area contributed by atoms with Gasteiger partial charge in [0.2, 0.25) is 0 Å². The first kappa shape index (κ1) is 12.4. The van der Waals surface area contributed by atoms with Gasteiger partial charge < -0.3 is 10.2 Å². The largest absolute Gasteiger partial charge is 0.329 e. The highest BCUT2D eigenvalue weighted by molar-refractivity contribution is 5.78. The molecule has 18 heavy (non-hydrogen) atoms. The minimum Gasteiger partial charge on any atom is -0.329 e. The molecule has 0 bridgehead atoms. The first-order valence-electron chi connectivity index (χ1n) is 5.69. The molecule has 2 amide bonds. The van der Waals surface area contributed by atoms with Gasteiger partial charge in [-0.3, -0.25) is 0 Å². The number of urea groups is 1. The Labute approximate surface area is 105 Å².